The van der Waals surface area contributed by atoms with Crippen molar-refractivity contribution in [3.8, 4) is 0 Å². The molecule has 0 aromatic carbocycles. The molecular formula is C10H20N4O5. The van der Waals surface area contributed by atoms with Crippen molar-refractivity contribution in [2.75, 3.05) is 20.3 Å². The number of carboxylic acids is 1. The fourth-order valence-electron chi connectivity index (χ4n) is 1.35. The molecule has 0 bridgehead atoms. The van der Waals surface area contributed by atoms with Crippen molar-refractivity contribution in [3.63, 3.8) is 0 Å². The van der Waals surface area contributed by atoms with Crippen molar-refractivity contribution >= 4 is 18.0 Å². The summed E-state index contributed by atoms with van der Waals surface area (Å²) in [4.78, 5) is 31.1. The highest BCUT2D eigenvalue weighted by molar-refractivity contribution is 5.79. The molecule has 0 aliphatic heterocycles. The number of nitrogens with two attached hydrogens (primary N) is 2. The number of hydroxylamine groups is 2. The molecule has 9 nitrogen and oxygen atoms in total. The van der Waals surface area contributed by atoms with Crippen LogP contribution < -0.4 is 11.5 Å². The molecule has 0 aliphatic rings. The third kappa shape index (κ3) is 6.46. The molecule has 0 aliphatic carbocycles. The molecule has 9 heteroatoms. The second-order valence-electron chi connectivity index (χ2n) is 3.51. The molecular weight excluding hydrogens is 256 g/mol. The molecule has 110 valence electrons. The lowest BCUT2D eigenvalue weighted by Gasteiger charge is -2.25. The molecule has 0 rings (SSSR count). The Kier molecular flexibility index (Phi) is 8.02. The van der Waals surface area contributed by atoms with Crippen LogP contribution in [0.25, 0.3) is 0 Å². The van der Waals surface area contributed by atoms with Crippen molar-refractivity contribution in [1.29, 1.82) is 0 Å². The smallest absolute Gasteiger partial charge is 0.434 e. The van der Waals surface area contributed by atoms with Gasteiger partial charge in [-0.1, -0.05) is 0 Å². The molecule has 0 saturated heterocycles. The molecule has 0 unspecified atom stereocenters. The van der Waals surface area contributed by atoms with Crippen LogP contribution in [-0.4, -0.2) is 54.5 Å². The van der Waals surface area contributed by atoms with Crippen LogP contribution in [0.3, 0.4) is 0 Å². The first kappa shape index (κ1) is 17.0. The van der Waals surface area contributed by atoms with Gasteiger partial charge in [0.05, 0.1) is 13.7 Å². The van der Waals surface area contributed by atoms with Gasteiger partial charge >= 0.3 is 12.1 Å². The quantitative estimate of drug-likeness (QED) is 0.235. The molecule has 0 radical (unpaired) electrons. The predicted molar refractivity (Wildman–Crippen MR) is 67.2 cm³/mol. The van der Waals surface area contributed by atoms with Crippen molar-refractivity contribution in [1.82, 2.24) is 5.06 Å². The van der Waals surface area contributed by atoms with E-state index in [4.69, 9.17) is 26.1 Å². The number of carboxylic acid groups (broad SMARTS) is 1. The number of aliphatic imine (C=N–C) groups is 1. The van der Waals surface area contributed by atoms with Gasteiger partial charge in [0.25, 0.3) is 0 Å². The van der Waals surface area contributed by atoms with E-state index in [0.717, 1.165) is 0 Å². The normalized spacial score (nSPS) is 11.5. The minimum atomic E-state index is -1.19. The monoisotopic (exact) mass is 276 g/mol. The number of hydrogen-bond donors (Lipinski definition) is 3. The van der Waals surface area contributed by atoms with E-state index in [1.54, 1.807) is 6.92 Å². The van der Waals surface area contributed by atoms with E-state index in [1.807, 2.05) is 0 Å². The number of hydrogen-bond acceptors (Lipinski definition) is 5. The molecule has 0 aromatic heterocycles. The van der Waals surface area contributed by atoms with Crippen molar-refractivity contribution < 1.29 is 24.3 Å². The lowest BCUT2D eigenvalue weighted by molar-refractivity contribution is -0.172. The van der Waals surface area contributed by atoms with Crippen LogP contribution in [-0.2, 0) is 14.4 Å². The van der Waals surface area contributed by atoms with Crippen LogP contribution in [0, 0.1) is 0 Å². The highest BCUT2D eigenvalue weighted by Gasteiger charge is 2.30. The Balaban J connectivity index is 4.55. The standard InChI is InChI=1S/C10H20N4O5/c1-3-19-10(17)14(18-2)7(8(15)16)5-4-6-13-9(11)12/h7H,3-6H2,1-2H3,(H,15,16)(H4,11,12,13)/t7-/m0/s1. The number of carbonyl (C=O) groups excluding carboxylic acids is 1. The summed E-state index contributed by atoms with van der Waals surface area (Å²) in [5.74, 6) is -1.26. The Labute approximate surface area is 111 Å². The van der Waals surface area contributed by atoms with E-state index >= 15 is 0 Å². The van der Waals surface area contributed by atoms with Gasteiger partial charge < -0.3 is 21.3 Å². The lowest BCUT2D eigenvalue weighted by atomic mass is 10.1. The summed E-state index contributed by atoms with van der Waals surface area (Å²) in [6, 6.07) is -1.15. The second-order valence-corrected chi connectivity index (χ2v) is 3.51. The number of amides is 1. The van der Waals surface area contributed by atoms with Gasteiger partial charge in [-0.25, -0.2) is 9.59 Å². The fraction of sp³-hybridized carbons (Fsp3) is 0.700. The van der Waals surface area contributed by atoms with Crippen LogP contribution in [0.2, 0.25) is 0 Å². The zero-order chi connectivity index (χ0) is 14.8. The Morgan fingerprint density at radius 1 is 1.42 bits per heavy atom. The van der Waals surface area contributed by atoms with Gasteiger partial charge in [0.1, 0.15) is 0 Å². The van der Waals surface area contributed by atoms with E-state index in [2.05, 4.69) is 4.99 Å². The van der Waals surface area contributed by atoms with Crippen LogP contribution in [0.1, 0.15) is 19.8 Å². The molecule has 19 heavy (non-hydrogen) atoms. The Morgan fingerprint density at radius 2 is 2.05 bits per heavy atom. The van der Waals surface area contributed by atoms with Gasteiger partial charge in [0.15, 0.2) is 12.0 Å². The summed E-state index contributed by atoms with van der Waals surface area (Å²) in [6.07, 6.45) is -0.327. The van der Waals surface area contributed by atoms with Crippen LogP contribution in [0.5, 0.6) is 0 Å². The number of guanidine groups is 1. The maximum absolute atomic E-state index is 11.5. The number of aliphatic carboxylic acids is 1. The van der Waals surface area contributed by atoms with E-state index in [1.165, 1.54) is 7.11 Å². The first-order valence-corrected chi connectivity index (χ1v) is 5.72. The van der Waals surface area contributed by atoms with Crippen LogP contribution in [0.4, 0.5) is 4.79 Å². The molecule has 1 amide bonds. The predicted octanol–water partition coefficient (Wildman–Crippen LogP) is -0.487. The molecule has 0 fully saturated rings. The number of ether oxygens (including phenoxy) is 1. The molecule has 0 aromatic rings. The minimum absolute atomic E-state index is 0.0686. The number of rotatable bonds is 8. The van der Waals surface area contributed by atoms with Crippen LogP contribution in [0.15, 0.2) is 4.99 Å². The molecule has 1 atom stereocenters. The molecule has 0 heterocycles. The van der Waals surface area contributed by atoms with Gasteiger partial charge in [-0.15, -0.1) is 0 Å². The number of carbonyl (C=O) groups is 2. The third-order valence-corrected chi connectivity index (χ3v) is 2.14. The minimum Gasteiger partial charge on any atom is -0.480 e. The van der Waals surface area contributed by atoms with Crippen molar-refractivity contribution in [3.05, 3.63) is 0 Å². The summed E-state index contributed by atoms with van der Waals surface area (Å²) < 4.78 is 4.70. The topological polar surface area (TPSA) is 140 Å². The lowest BCUT2D eigenvalue weighted by Crippen LogP contribution is -2.44. The van der Waals surface area contributed by atoms with Gasteiger partial charge in [-0.3, -0.25) is 9.83 Å². The van der Waals surface area contributed by atoms with Crippen molar-refractivity contribution in [2.45, 2.75) is 25.8 Å². The largest absolute Gasteiger partial charge is 0.480 e. The second kappa shape index (κ2) is 8.97. The summed E-state index contributed by atoms with van der Waals surface area (Å²) >= 11 is 0. The van der Waals surface area contributed by atoms with Gasteiger partial charge in [-0.2, -0.15) is 5.06 Å². The van der Waals surface area contributed by atoms with E-state index in [-0.39, 0.29) is 25.5 Å². The van der Waals surface area contributed by atoms with Gasteiger partial charge in [0.2, 0.25) is 0 Å². The summed E-state index contributed by atoms with van der Waals surface area (Å²) in [6.45, 7) is 2.01. The first-order chi connectivity index (χ1) is 8.93. The van der Waals surface area contributed by atoms with E-state index in [9.17, 15) is 9.59 Å². The number of nitrogens with zero attached hydrogens (tertiary/aromatic N) is 2. The van der Waals surface area contributed by atoms with Gasteiger partial charge in [0, 0.05) is 6.54 Å². The van der Waals surface area contributed by atoms with Gasteiger partial charge in [-0.05, 0) is 19.8 Å². The van der Waals surface area contributed by atoms with Crippen molar-refractivity contribution in [2.24, 2.45) is 16.5 Å². The first-order valence-electron chi connectivity index (χ1n) is 5.72. The summed E-state index contributed by atoms with van der Waals surface area (Å²) in [5, 5.41) is 9.77. The van der Waals surface area contributed by atoms with E-state index in [0.29, 0.717) is 11.5 Å². The fourth-order valence-corrected chi connectivity index (χ4v) is 1.35. The maximum Gasteiger partial charge on any atom is 0.434 e. The summed E-state index contributed by atoms with van der Waals surface area (Å²) in [7, 11) is 1.20. The Morgan fingerprint density at radius 3 is 2.47 bits per heavy atom. The SMILES string of the molecule is CCOC(=O)N(OC)[C@@H](CCCN=C(N)N)C(=O)O. The highest BCUT2D eigenvalue weighted by atomic mass is 16.7. The van der Waals surface area contributed by atoms with Crippen LogP contribution >= 0.6 is 0 Å². The van der Waals surface area contributed by atoms with E-state index < -0.39 is 18.1 Å². The molecule has 0 spiro atoms. The zero-order valence-corrected chi connectivity index (χ0v) is 11.0. The molecule has 0 saturated carbocycles. The highest BCUT2D eigenvalue weighted by Crippen LogP contribution is 2.10. The average molecular weight is 276 g/mol. The maximum atomic E-state index is 11.5. The summed E-state index contributed by atoms with van der Waals surface area (Å²) in [5.41, 5.74) is 10.3. The Bertz CT molecular complexity index is 330. The Hall–Kier alpha value is -2.03. The third-order valence-electron chi connectivity index (χ3n) is 2.14. The average Bonchev–Trinajstić information content (AvgIpc) is 2.32. The zero-order valence-electron chi connectivity index (χ0n) is 11.0. The molecule has 5 N–H and O–H groups in total.